The standard InChI is InChI=1S/C22H26O10/c1-10(8-23)5-17(27)30-15-6-11(2)14(25)7-16(26)22(4)20(32-22)19-18(15)13(21(28)31-19)9-29-12(3)24/h5,11,15,19-20,23H,6-9H2,1-4H3. The lowest BCUT2D eigenvalue weighted by Gasteiger charge is -2.26. The van der Waals surface area contributed by atoms with Gasteiger partial charge in [-0.15, -0.1) is 0 Å². The van der Waals surface area contributed by atoms with E-state index in [4.69, 9.17) is 24.1 Å². The Kier molecular flexibility index (Phi) is 6.66. The molecule has 1 saturated carbocycles. The normalized spacial score (nSPS) is 32.7. The molecule has 0 aromatic rings. The molecule has 1 N–H and O–H groups in total. The van der Waals surface area contributed by atoms with Crippen molar-refractivity contribution >= 4 is 29.5 Å². The fraction of sp³-hybridized carbons (Fsp3) is 0.591. The fourth-order valence-electron chi connectivity index (χ4n) is 3.88. The SMILES string of the molecule is CC(=O)OCC1=C2C(OC(=O)C=C(C)CO)CC(C)C(=O)CC(=O)C3(C)OC3C2OC1=O. The van der Waals surface area contributed by atoms with Gasteiger partial charge in [-0.25, -0.2) is 9.59 Å². The van der Waals surface area contributed by atoms with E-state index in [9.17, 15) is 24.0 Å². The van der Waals surface area contributed by atoms with Crippen molar-refractivity contribution in [2.45, 2.75) is 64.4 Å². The van der Waals surface area contributed by atoms with Gasteiger partial charge in [-0.05, 0) is 25.8 Å². The third-order valence-corrected chi connectivity index (χ3v) is 5.91. The molecule has 10 nitrogen and oxygen atoms in total. The summed E-state index contributed by atoms with van der Waals surface area (Å²) in [4.78, 5) is 61.7. The van der Waals surface area contributed by atoms with E-state index in [1.165, 1.54) is 20.8 Å². The molecular weight excluding hydrogens is 424 g/mol. The lowest BCUT2D eigenvalue weighted by molar-refractivity contribution is -0.145. The number of Topliss-reactive ketones (excluding diaryl/α,β-unsaturated/α-hetero) is 2. The molecule has 2 fully saturated rings. The van der Waals surface area contributed by atoms with Crippen molar-refractivity contribution in [3.05, 3.63) is 22.8 Å². The van der Waals surface area contributed by atoms with Gasteiger partial charge in [0.2, 0.25) is 0 Å². The second-order valence-electron chi connectivity index (χ2n) is 8.46. The van der Waals surface area contributed by atoms with Gasteiger partial charge in [-0.1, -0.05) is 6.92 Å². The zero-order valence-corrected chi connectivity index (χ0v) is 18.3. The first kappa shape index (κ1) is 23.8. The summed E-state index contributed by atoms with van der Waals surface area (Å²) >= 11 is 0. The summed E-state index contributed by atoms with van der Waals surface area (Å²) in [5, 5.41) is 9.17. The Balaban J connectivity index is 2.06. The third-order valence-electron chi connectivity index (χ3n) is 5.91. The first-order chi connectivity index (χ1) is 15.0. The quantitative estimate of drug-likeness (QED) is 0.205. The molecule has 0 aromatic carbocycles. The average Bonchev–Trinajstić information content (AvgIpc) is 3.30. The van der Waals surface area contributed by atoms with E-state index >= 15 is 0 Å². The molecule has 0 spiro atoms. The maximum absolute atomic E-state index is 12.6. The zero-order valence-electron chi connectivity index (χ0n) is 18.3. The highest BCUT2D eigenvalue weighted by Crippen LogP contribution is 2.48. The van der Waals surface area contributed by atoms with Crippen LogP contribution >= 0.6 is 0 Å². The van der Waals surface area contributed by atoms with E-state index in [1.54, 1.807) is 6.92 Å². The number of epoxide rings is 1. The molecule has 2 aliphatic heterocycles. The van der Waals surface area contributed by atoms with E-state index in [2.05, 4.69) is 0 Å². The lowest BCUT2D eigenvalue weighted by Crippen LogP contribution is -2.39. The summed E-state index contributed by atoms with van der Waals surface area (Å²) in [7, 11) is 0. The molecule has 0 bridgehead atoms. The second-order valence-corrected chi connectivity index (χ2v) is 8.46. The maximum atomic E-state index is 12.6. The van der Waals surface area contributed by atoms with Gasteiger partial charge < -0.3 is 24.1 Å². The summed E-state index contributed by atoms with van der Waals surface area (Å²) in [5.74, 6) is -3.64. The minimum atomic E-state index is -1.32. The Labute approximate surface area is 184 Å². The molecule has 3 aliphatic rings. The van der Waals surface area contributed by atoms with E-state index < -0.39 is 60.1 Å². The number of rotatable bonds is 5. The number of esters is 3. The molecule has 3 rings (SSSR count). The Morgan fingerprint density at radius 3 is 2.56 bits per heavy atom. The number of carbonyl (C=O) groups is 5. The van der Waals surface area contributed by atoms with E-state index in [1.807, 2.05) is 0 Å². The zero-order chi connectivity index (χ0) is 23.8. The summed E-state index contributed by atoms with van der Waals surface area (Å²) in [6, 6.07) is 0. The third kappa shape index (κ3) is 4.66. The topological polar surface area (TPSA) is 146 Å². The van der Waals surface area contributed by atoms with Crippen molar-refractivity contribution in [2.75, 3.05) is 13.2 Å². The summed E-state index contributed by atoms with van der Waals surface area (Å²) in [6.07, 6.45) is -2.24. The number of carbonyl (C=O) groups excluding carboxylic acids is 5. The van der Waals surface area contributed by atoms with Gasteiger partial charge in [-0.3, -0.25) is 14.4 Å². The minimum Gasteiger partial charge on any atom is -0.461 e. The van der Waals surface area contributed by atoms with Crippen LogP contribution in [0.1, 0.15) is 40.5 Å². The Morgan fingerprint density at radius 2 is 1.94 bits per heavy atom. The van der Waals surface area contributed by atoms with Crippen LogP contribution in [0.2, 0.25) is 0 Å². The molecule has 5 unspecified atom stereocenters. The van der Waals surface area contributed by atoms with Crippen LogP contribution in [0.25, 0.3) is 0 Å². The number of hydrogen-bond acceptors (Lipinski definition) is 10. The van der Waals surface area contributed by atoms with Gasteiger partial charge >= 0.3 is 17.9 Å². The predicted molar refractivity (Wildman–Crippen MR) is 106 cm³/mol. The van der Waals surface area contributed by atoms with Crippen LogP contribution in [-0.4, -0.2) is 71.7 Å². The number of fused-ring (bicyclic) bond motifs is 3. The van der Waals surface area contributed by atoms with E-state index in [-0.39, 0.29) is 36.4 Å². The van der Waals surface area contributed by atoms with Gasteiger partial charge in [0, 0.05) is 24.5 Å². The number of ketones is 2. The average molecular weight is 450 g/mol. The fourth-order valence-corrected chi connectivity index (χ4v) is 3.88. The molecular formula is C22H26O10. The first-order valence-electron chi connectivity index (χ1n) is 10.3. The van der Waals surface area contributed by atoms with Crippen molar-refractivity contribution in [3.8, 4) is 0 Å². The van der Waals surface area contributed by atoms with Crippen molar-refractivity contribution in [2.24, 2.45) is 5.92 Å². The largest absolute Gasteiger partial charge is 0.461 e. The molecule has 1 aliphatic carbocycles. The van der Waals surface area contributed by atoms with Crippen LogP contribution in [-0.2, 0) is 42.9 Å². The molecule has 32 heavy (non-hydrogen) atoms. The molecule has 174 valence electrons. The second kappa shape index (κ2) is 8.95. The molecule has 0 aromatic heterocycles. The smallest absolute Gasteiger partial charge is 0.338 e. The van der Waals surface area contributed by atoms with Gasteiger partial charge in [0.15, 0.2) is 17.5 Å². The Morgan fingerprint density at radius 1 is 1.25 bits per heavy atom. The molecule has 1 saturated heterocycles. The maximum Gasteiger partial charge on any atom is 0.338 e. The summed E-state index contributed by atoms with van der Waals surface area (Å²) < 4.78 is 21.7. The highest BCUT2D eigenvalue weighted by molar-refractivity contribution is 6.05. The monoisotopic (exact) mass is 450 g/mol. The van der Waals surface area contributed by atoms with Crippen LogP contribution in [0, 0.1) is 5.92 Å². The molecule has 0 amide bonds. The van der Waals surface area contributed by atoms with E-state index in [0.29, 0.717) is 5.57 Å². The van der Waals surface area contributed by atoms with Crippen LogP contribution in [0.3, 0.4) is 0 Å². The van der Waals surface area contributed by atoms with Gasteiger partial charge in [0.25, 0.3) is 0 Å². The van der Waals surface area contributed by atoms with Crippen molar-refractivity contribution < 1.29 is 48.0 Å². The highest BCUT2D eigenvalue weighted by Gasteiger charge is 2.66. The van der Waals surface area contributed by atoms with Crippen LogP contribution in [0.15, 0.2) is 22.8 Å². The van der Waals surface area contributed by atoms with Gasteiger partial charge in [0.05, 0.1) is 18.6 Å². The Bertz CT molecular complexity index is 929. The molecule has 10 heteroatoms. The van der Waals surface area contributed by atoms with Crippen molar-refractivity contribution in [1.29, 1.82) is 0 Å². The number of aliphatic hydroxyl groups is 1. The number of ether oxygens (including phenoxy) is 4. The first-order valence-corrected chi connectivity index (χ1v) is 10.3. The number of aliphatic hydroxyl groups excluding tert-OH is 1. The van der Waals surface area contributed by atoms with Crippen LogP contribution in [0.4, 0.5) is 0 Å². The summed E-state index contributed by atoms with van der Waals surface area (Å²) in [5.41, 5.74) is -0.770. The van der Waals surface area contributed by atoms with Gasteiger partial charge in [-0.2, -0.15) is 0 Å². The van der Waals surface area contributed by atoms with Crippen LogP contribution in [0.5, 0.6) is 0 Å². The van der Waals surface area contributed by atoms with E-state index in [0.717, 1.165) is 6.08 Å². The predicted octanol–water partition coefficient (Wildman–Crippen LogP) is 0.348. The van der Waals surface area contributed by atoms with Crippen LogP contribution < -0.4 is 0 Å². The van der Waals surface area contributed by atoms with Crippen molar-refractivity contribution in [1.82, 2.24) is 0 Å². The Hall–Kier alpha value is -2.85. The van der Waals surface area contributed by atoms with Gasteiger partial charge in [0.1, 0.15) is 24.6 Å². The lowest BCUT2D eigenvalue weighted by atomic mass is 9.82. The number of hydrogen-bond donors (Lipinski definition) is 1. The molecule has 0 radical (unpaired) electrons. The summed E-state index contributed by atoms with van der Waals surface area (Å²) in [6.45, 7) is 5.06. The minimum absolute atomic E-state index is 0.0145. The molecule has 5 atom stereocenters. The highest BCUT2D eigenvalue weighted by atomic mass is 16.7. The molecule has 2 heterocycles. The van der Waals surface area contributed by atoms with Crippen molar-refractivity contribution in [3.63, 3.8) is 0 Å².